The van der Waals surface area contributed by atoms with E-state index in [1.807, 2.05) is 0 Å². The van der Waals surface area contributed by atoms with Gasteiger partial charge in [0.05, 0.1) is 6.67 Å². The Balaban J connectivity index is 2.55. The number of alkyl halides is 3. The first kappa shape index (κ1) is 9.31. The third-order valence-corrected chi connectivity index (χ3v) is 1.69. The van der Waals surface area contributed by atoms with E-state index in [9.17, 15) is 18.0 Å². The topological polar surface area (TPSA) is 23.6 Å². The molecule has 0 N–H and O–H groups in total. The van der Waals surface area contributed by atoms with E-state index < -0.39 is 12.1 Å². The third kappa shape index (κ3) is 1.88. The van der Waals surface area contributed by atoms with Gasteiger partial charge in [0.15, 0.2) is 0 Å². The van der Waals surface area contributed by atoms with Crippen molar-refractivity contribution in [3.63, 3.8) is 0 Å². The summed E-state index contributed by atoms with van der Waals surface area (Å²) in [6, 6.07) is 0. The molecule has 1 fully saturated rings. The summed E-state index contributed by atoms with van der Waals surface area (Å²) >= 11 is 0. The van der Waals surface area contributed by atoms with Crippen LogP contribution in [0.25, 0.3) is 0 Å². The van der Waals surface area contributed by atoms with Crippen molar-refractivity contribution in [1.29, 1.82) is 0 Å². The molecule has 0 radical (unpaired) electrons. The molecule has 0 spiro atoms. The van der Waals surface area contributed by atoms with Crippen LogP contribution in [0.15, 0.2) is 0 Å². The zero-order valence-corrected chi connectivity index (χ0v) is 6.56. The van der Waals surface area contributed by atoms with E-state index in [0.29, 0.717) is 6.54 Å². The highest BCUT2D eigenvalue weighted by atomic mass is 19.4. The first-order valence-electron chi connectivity index (χ1n) is 3.46. The largest absolute Gasteiger partial charge is 0.471 e. The van der Waals surface area contributed by atoms with Crippen LogP contribution >= 0.6 is 0 Å². The second-order valence-corrected chi connectivity index (χ2v) is 2.79. The van der Waals surface area contributed by atoms with E-state index in [-0.39, 0.29) is 13.2 Å². The molecular formula is C6H9F3N2O. The number of carbonyl (C=O) groups excluding carboxylic acids is 1. The molecule has 0 aliphatic carbocycles. The minimum absolute atomic E-state index is 0.0678. The molecule has 0 atom stereocenters. The molecular weight excluding hydrogens is 173 g/mol. The predicted molar refractivity (Wildman–Crippen MR) is 35.3 cm³/mol. The van der Waals surface area contributed by atoms with Gasteiger partial charge in [-0.2, -0.15) is 13.2 Å². The average molecular weight is 182 g/mol. The van der Waals surface area contributed by atoms with Gasteiger partial charge in [-0.05, 0) is 7.05 Å². The lowest BCUT2D eigenvalue weighted by atomic mass is 10.5. The quantitative estimate of drug-likeness (QED) is 0.537. The Morgan fingerprint density at radius 3 is 2.25 bits per heavy atom. The molecule has 1 saturated heterocycles. The van der Waals surface area contributed by atoms with Gasteiger partial charge in [-0.3, -0.25) is 9.69 Å². The summed E-state index contributed by atoms with van der Waals surface area (Å²) < 4.78 is 35.5. The maximum absolute atomic E-state index is 11.8. The highest BCUT2D eigenvalue weighted by Crippen LogP contribution is 2.19. The van der Waals surface area contributed by atoms with Crippen molar-refractivity contribution in [3.8, 4) is 0 Å². The van der Waals surface area contributed by atoms with Gasteiger partial charge in [-0.25, -0.2) is 0 Å². The summed E-state index contributed by atoms with van der Waals surface area (Å²) in [6.07, 6.45) is -4.73. The fourth-order valence-corrected chi connectivity index (χ4v) is 1.07. The molecule has 70 valence electrons. The Morgan fingerprint density at radius 1 is 1.33 bits per heavy atom. The minimum Gasteiger partial charge on any atom is -0.321 e. The van der Waals surface area contributed by atoms with Crippen molar-refractivity contribution in [2.75, 3.05) is 26.8 Å². The maximum Gasteiger partial charge on any atom is 0.471 e. The van der Waals surface area contributed by atoms with E-state index in [0.717, 1.165) is 4.90 Å². The number of nitrogens with zero attached hydrogens (tertiary/aromatic N) is 2. The number of hydrogen-bond donors (Lipinski definition) is 0. The second-order valence-electron chi connectivity index (χ2n) is 2.79. The van der Waals surface area contributed by atoms with Gasteiger partial charge < -0.3 is 4.90 Å². The molecule has 0 saturated carbocycles. The molecule has 6 heteroatoms. The number of hydrogen-bond acceptors (Lipinski definition) is 2. The Bertz CT molecular complexity index is 192. The van der Waals surface area contributed by atoms with Gasteiger partial charge in [0.25, 0.3) is 0 Å². The maximum atomic E-state index is 11.8. The van der Waals surface area contributed by atoms with Crippen LogP contribution in [0, 0.1) is 0 Å². The highest BCUT2D eigenvalue weighted by Gasteiger charge is 2.43. The van der Waals surface area contributed by atoms with Crippen LogP contribution in [0.1, 0.15) is 0 Å². The zero-order valence-electron chi connectivity index (χ0n) is 6.56. The van der Waals surface area contributed by atoms with Crippen LogP contribution in [-0.2, 0) is 4.79 Å². The summed E-state index contributed by atoms with van der Waals surface area (Å²) in [5.41, 5.74) is 0. The van der Waals surface area contributed by atoms with E-state index in [1.165, 1.54) is 0 Å². The van der Waals surface area contributed by atoms with Crippen LogP contribution in [0.3, 0.4) is 0 Å². The van der Waals surface area contributed by atoms with Gasteiger partial charge in [-0.1, -0.05) is 0 Å². The molecule has 0 aromatic rings. The lowest BCUT2D eigenvalue weighted by Gasteiger charge is -2.16. The highest BCUT2D eigenvalue weighted by molar-refractivity contribution is 5.82. The zero-order chi connectivity index (χ0) is 9.35. The van der Waals surface area contributed by atoms with Crippen molar-refractivity contribution in [2.24, 2.45) is 0 Å². The molecule has 1 amide bonds. The summed E-state index contributed by atoms with van der Waals surface area (Å²) in [5, 5.41) is 0. The summed E-state index contributed by atoms with van der Waals surface area (Å²) in [4.78, 5) is 13.0. The van der Waals surface area contributed by atoms with Crippen LogP contribution in [0.4, 0.5) is 13.2 Å². The molecule has 3 nitrogen and oxygen atoms in total. The van der Waals surface area contributed by atoms with Gasteiger partial charge >= 0.3 is 12.1 Å². The van der Waals surface area contributed by atoms with Crippen LogP contribution < -0.4 is 0 Å². The van der Waals surface area contributed by atoms with E-state index in [1.54, 1.807) is 11.9 Å². The summed E-state index contributed by atoms with van der Waals surface area (Å²) in [5.74, 6) is -1.74. The van der Waals surface area contributed by atoms with Crippen LogP contribution in [0.5, 0.6) is 0 Å². The predicted octanol–water partition coefficient (Wildman–Crippen LogP) is 0.280. The molecule has 0 aromatic carbocycles. The van der Waals surface area contributed by atoms with Crippen molar-refractivity contribution < 1.29 is 18.0 Å². The third-order valence-electron chi connectivity index (χ3n) is 1.69. The first-order valence-corrected chi connectivity index (χ1v) is 3.46. The average Bonchev–Trinajstić information content (AvgIpc) is 2.32. The van der Waals surface area contributed by atoms with Gasteiger partial charge in [-0.15, -0.1) is 0 Å². The Hall–Kier alpha value is -0.780. The fourth-order valence-electron chi connectivity index (χ4n) is 1.07. The summed E-state index contributed by atoms with van der Waals surface area (Å²) in [7, 11) is 1.67. The number of carbonyl (C=O) groups is 1. The number of rotatable bonds is 0. The van der Waals surface area contributed by atoms with Gasteiger partial charge in [0, 0.05) is 13.1 Å². The van der Waals surface area contributed by atoms with Crippen molar-refractivity contribution in [3.05, 3.63) is 0 Å². The molecule has 1 rings (SSSR count). The molecule has 0 aromatic heterocycles. The molecule has 0 bridgehead atoms. The van der Waals surface area contributed by atoms with E-state index >= 15 is 0 Å². The molecule has 12 heavy (non-hydrogen) atoms. The number of amides is 1. The molecule has 1 aliphatic rings. The van der Waals surface area contributed by atoms with Crippen molar-refractivity contribution >= 4 is 5.91 Å². The van der Waals surface area contributed by atoms with Crippen molar-refractivity contribution in [2.45, 2.75) is 6.18 Å². The number of likely N-dealkylation sites (N-methyl/N-ethyl adjacent to an activating group) is 1. The summed E-state index contributed by atoms with van der Waals surface area (Å²) in [6.45, 7) is 0.731. The lowest BCUT2D eigenvalue weighted by molar-refractivity contribution is -0.184. The minimum atomic E-state index is -4.73. The Kier molecular flexibility index (Phi) is 2.27. The standard InChI is InChI=1S/C6H9F3N2O/c1-10-2-3-11(4-10)5(12)6(7,8)9/h2-4H2,1H3. The van der Waals surface area contributed by atoms with E-state index in [2.05, 4.69) is 0 Å². The number of halogens is 3. The molecule has 0 unspecified atom stereocenters. The monoisotopic (exact) mass is 182 g/mol. The first-order chi connectivity index (χ1) is 5.41. The van der Waals surface area contributed by atoms with Crippen molar-refractivity contribution in [1.82, 2.24) is 9.80 Å². The normalized spacial score (nSPS) is 20.2. The van der Waals surface area contributed by atoms with Gasteiger partial charge in [0.2, 0.25) is 0 Å². The molecule has 1 heterocycles. The van der Waals surface area contributed by atoms with Gasteiger partial charge in [0.1, 0.15) is 0 Å². The SMILES string of the molecule is CN1CCN(C(=O)C(F)(F)F)C1. The fraction of sp³-hybridized carbons (Fsp3) is 0.833. The van der Waals surface area contributed by atoms with Crippen LogP contribution in [-0.4, -0.2) is 48.7 Å². The van der Waals surface area contributed by atoms with E-state index in [4.69, 9.17) is 0 Å². The lowest BCUT2D eigenvalue weighted by Crippen LogP contribution is -2.40. The Morgan fingerprint density at radius 2 is 1.92 bits per heavy atom. The smallest absolute Gasteiger partial charge is 0.321 e. The Labute approximate surface area is 67.7 Å². The van der Waals surface area contributed by atoms with Crippen LogP contribution in [0.2, 0.25) is 0 Å². The molecule has 1 aliphatic heterocycles. The second kappa shape index (κ2) is 2.93.